The first-order chi connectivity index (χ1) is 7.61. The second kappa shape index (κ2) is 4.17. The molecule has 0 spiro atoms. The fourth-order valence-electron chi connectivity index (χ4n) is 1.23. The summed E-state index contributed by atoms with van der Waals surface area (Å²) in [6.45, 7) is 0. The Hall–Kier alpha value is -1.49. The molecular weight excluding hydrogens is 243 g/mol. The van der Waals surface area contributed by atoms with E-state index in [0.29, 0.717) is 17.8 Å². The van der Waals surface area contributed by atoms with Crippen LogP contribution in [0, 0.1) is 17.5 Å². The van der Waals surface area contributed by atoms with Crippen LogP contribution in [0.2, 0.25) is 0 Å². The highest BCUT2D eigenvalue weighted by Gasteiger charge is 2.18. The highest BCUT2D eigenvalue weighted by Crippen LogP contribution is 2.26. The molecule has 0 bridgehead atoms. The summed E-state index contributed by atoms with van der Waals surface area (Å²) in [5, 5.41) is 0. The molecule has 0 saturated carbocycles. The van der Waals surface area contributed by atoms with Gasteiger partial charge in [-0.2, -0.15) is 0 Å². The lowest BCUT2D eigenvalue weighted by Gasteiger charge is -2.00. The van der Waals surface area contributed by atoms with E-state index >= 15 is 0 Å². The van der Waals surface area contributed by atoms with E-state index in [9.17, 15) is 13.2 Å². The van der Waals surface area contributed by atoms with Gasteiger partial charge in [0.1, 0.15) is 29.3 Å². The van der Waals surface area contributed by atoms with Crippen molar-refractivity contribution >= 4 is 11.6 Å². The van der Waals surface area contributed by atoms with Crippen LogP contribution in [-0.4, -0.2) is 4.98 Å². The lowest BCUT2D eigenvalue weighted by Crippen LogP contribution is -1.92. The summed E-state index contributed by atoms with van der Waals surface area (Å²) in [6.07, 6.45) is 1.19. The molecule has 1 aromatic heterocycles. The molecule has 0 N–H and O–H groups in total. The van der Waals surface area contributed by atoms with E-state index in [2.05, 4.69) is 4.98 Å². The Labute approximate surface area is 93.7 Å². The monoisotopic (exact) mass is 247 g/mol. The van der Waals surface area contributed by atoms with E-state index in [-0.39, 0.29) is 11.8 Å². The first-order valence-corrected chi connectivity index (χ1v) is 4.80. The van der Waals surface area contributed by atoms with Crippen LogP contribution in [0.15, 0.2) is 22.8 Å². The normalized spacial score (nSPS) is 10.8. The molecule has 2 aromatic rings. The van der Waals surface area contributed by atoms with Crippen molar-refractivity contribution in [2.24, 2.45) is 0 Å². The number of benzene rings is 1. The molecule has 84 valence electrons. The van der Waals surface area contributed by atoms with Crippen molar-refractivity contribution in [1.29, 1.82) is 0 Å². The maximum atomic E-state index is 13.3. The average Bonchev–Trinajstić information content (AvgIpc) is 2.64. The SMILES string of the molecule is Fc1cc(F)c(-c2nc(CCl)co2)c(F)c1. The molecule has 6 heteroatoms. The first kappa shape index (κ1) is 11.0. The summed E-state index contributed by atoms with van der Waals surface area (Å²) < 4.78 is 44.1. The predicted octanol–water partition coefficient (Wildman–Crippen LogP) is 3.50. The maximum absolute atomic E-state index is 13.3. The highest BCUT2D eigenvalue weighted by molar-refractivity contribution is 6.16. The number of hydrogen-bond acceptors (Lipinski definition) is 2. The molecule has 1 heterocycles. The van der Waals surface area contributed by atoms with Crippen LogP contribution >= 0.6 is 11.6 Å². The Kier molecular flexibility index (Phi) is 2.87. The number of halogens is 4. The van der Waals surface area contributed by atoms with Crippen molar-refractivity contribution in [2.75, 3.05) is 0 Å². The molecule has 0 amide bonds. The number of alkyl halides is 1. The molecule has 0 fully saturated rings. The number of oxazole rings is 1. The van der Waals surface area contributed by atoms with Gasteiger partial charge in [-0.05, 0) is 0 Å². The second-order valence-electron chi connectivity index (χ2n) is 3.02. The zero-order chi connectivity index (χ0) is 11.7. The average molecular weight is 248 g/mol. The Morgan fingerprint density at radius 1 is 1.19 bits per heavy atom. The molecule has 2 rings (SSSR count). The van der Waals surface area contributed by atoms with Gasteiger partial charge in [-0.3, -0.25) is 0 Å². The molecular formula is C10H5ClF3NO. The summed E-state index contributed by atoms with van der Waals surface area (Å²) in [7, 11) is 0. The van der Waals surface area contributed by atoms with Crippen molar-refractivity contribution in [2.45, 2.75) is 5.88 Å². The van der Waals surface area contributed by atoms with Gasteiger partial charge in [-0.15, -0.1) is 11.6 Å². The minimum Gasteiger partial charge on any atom is -0.444 e. The Morgan fingerprint density at radius 2 is 1.81 bits per heavy atom. The summed E-state index contributed by atoms with van der Waals surface area (Å²) in [6, 6.07) is 1.12. The van der Waals surface area contributed by atoms with Gasteiger partial charge in [-0.25, -0.2) is 18.2 Å². The van der Waals surface area contributed by atoms with Gasteiger partial charge in [0.05, 0.1) is 11.6 Å². The third-order valence-electron chi connectivity index (χ3n) is 1.91. The molecule has 0 radical (unpaired) electrons. The van der Waals surface area contributed by atoms with E-state index in [0.717, 1.165) is 0 Å². The molecule has 0 atom stereocenters. The topological polar surface area (TPSA) is 26.0 Å². The zero-order valence-corrected chi connectivity index (χ0v) is 8.56. The molecule has 16 heavy (non-hydrogen) atoms. The molecule has 2 nitrogen and oxygen atoms in total. The molecule has 0 aliphatic carbocycles. The lowest BCUT2D eigenvalue weighted by atomic mass is 10.2. The second-order valence-corrected chi connectivity index (χ2v) is 3.29. The summed E-state index contributed by atoms with van der Waals surface area (Å²) >= 11 is 5.46. The number of nitrogens with zero attached hydrogens (tertiary/aromatic N) is 1. The molecule has 0 aliphatic rings. The molecule has 0 saturated heterocycles. The fraction of sp³-hybridized carbons (Fsp3) is 0.100. The summed E-state index contributed by atoms with van der Waals surface area (Å²) in [5.41, 5.74) is -0.155. The summed E-state index contributed by atoms with van der Waals surface area (Å²) in [5.74, 6) is -3.33. The van der Waals surface area contributed by atoms with Crippen molar-refractivity contribution in [3.63, 3.8) is 0 Å². The van der Waals surface area contributed by atoms with Crippen molar-refractivity contribution in [3.05, 3.63) is 41.5 Å². The van der Waals surface area contributed by atoms with Crippen molar-refractivity contribution < 1.29 is 17.6 Å². The highest BCUT2D eigenvalue weighted by atomic mass is 35.5. The van der Waals surface area contributed by atoms with Gasteiger partial charge >= 0.3 is 0 Å². The minimum atomic E-state index is -1.07. The number of aromatic nitrogens is 1. The van der Waals surface area contributed by atoms with E-state index in [1.54, 1.807) is 0 Å². The minimum absolute atomic E-state index is 0.0634. The van der Waals surface area contributed by atoms with Crippen LogP contribution < -0.4 is 0 Å². The van der Waals surface area contributed by atoms with Crippen LogP contribution in [0.5, 0.6) is 0 Å². The Bertz CT molecular complexity index is 504. The van der Waals surface area contributed by atoms with E-state index in [4.69, 9.17) is 16.0 Å². The van der Waals surface area contributed by atoms with Gasteiger partial charge in [-0.1, -0.05) is 0 Å². The first-order valence-electron chi connectivity index (χ1n) is 4.27. The molecule has 1 aromatic carbocycles. The predicted molar refractivity (Wildman–Crippen MR) is 51.4 cm³/mol. The van der Waals surface area contributed by atoms with Gasteiger partial charge < -0.3 is 4.42 Å². The van der Waals surface area contributed by atoms with E-state index in [1.165, 1.54) is 6.26 Å². The van der Waals surface area contributed by atoms with Gasteiger partial charge in [0, 0.05) is 12.1 Å². The number of rotatable bonds is 2. The largest absolute Gasteiger partial charge is 0.444 e. The van der Waals surface area contributed by atoms with Crippen LogP contribution in [0.4, 0.5) is 13.2 Å². The smallest absolute Gasteiger partial charge is 0.232 e. The molecule has 0 aliphatic heterocycles. The Morgan fingerprint density at radius 3 is 2.31 bits per heavy atom. The zero-order valence-electron chi connectivity index (χ0n) is 7.81. The number of hydrogen-bond donors (Lipinski definition) is 0. The van der Waals surface area contributed by atoms with Crippen LogP contribution in [-0.2, 0) is 5.88 Å². The fourth-order valence-corrected chi connectivity index (χ4v) is 1.35. The van der Waals surface area contributed by atoms with Crippen LogP contribution in [0.3, 0.4) is 0 Å². The third-order valence-corrected chi connectivity index (χ3v) is 2.18. The third kappa shape index (κ3) is 1.90. The van der Waals surface area contributed by atoms with Crippen molar-refractivity contribution in [3.8, 4) is 11.5 Å². The van der Waals surface area contributed by atoms with E-state index < -0.39 is 23.0 Å². The van der Waals surface area contributed by atoms with Crippen LogP contribution in [0.1, 0.15) is 5.69 Å². The lowest BCUT2D eigenvalue weighted by molar-refractivity contribution is 0.524. The Balaban J connectivity index is 2.55. The van der Waals surface area contributed by atoms with Gasteiger partial charge in [0.2, 0.25) is 5.89 Å². The van der Waals surface area contributed by atoms with Crippen LogP contribution in [0.25, 0.3) is 11.5 Å². The van der Waals surface area contributed by atoms with Gasteiger partial charge in [0.25, 0.3) is 0 Å². The quantitative estimate of drug-likeness (QED) is 0.759. The van der Waals surface area contributed by atoms with E-state index in [1.807, 2.05) is 0 Å². The molecule has 0 unspecified atom stereocenters. The summed E-state index contributed by atoms with van der Waals surface area (Å²) in [4.78, 5) is 3.75. The van der Waals surface area contributed by atoms with Gasteiger partial charge in [0.15, 0.2) is 0 Å². The maximum Gasteiger partial charge on any atom is 0.232 e. The standard InChI is InChI=1S/C10H5ClF3NO/c11-3-6-4-16-10(15-6)9-7(13)1-5(12)2-8(9)14/h1-2,4H,3H2. The van der Waals surface area contributed by atoms with Crippen molar-refractivity contribution in [1.82, 2.24) is 4.98 Å².